The Hall–Kier alpha value is -3.20. The van der Waals surface area contributed by atoms with E-state index in [0.29, 0.717) is 6.54 Å². The van der Waals surface area contributed by atoms with Gasteiger partial charge in [-0.25, -0.2) is 19.7 Å². The molecular formula is C23H32N8O. The highest BCUT2D eigenvalue weighted by Crippen LogP contribution is 2.22. The molecule has 2 amide bonds. The van der Waals surface area contributed by atoms with Crippen molar-refractivity contribution in [3.05, 3.63) is 48.5 Å². The second kappa shape index (κ2) is 10.4. The van der Waals surface area contributed by atoms with Crippen LogP contribution in [0, 0.1) is 5.92 Å². The smallest absolute Gasteiger partial charge is 0.315 e. The van der Waals surface area contributed by atoms with Crippen LogP contribution in [-0.2, 0) is 0 Å². The van der Waals surface area contributed by atoms with E-state index in [9.17, 15) is 4.79 Å². The largest absolute Gasteiger partial charge is 0.340 e. The van der Waals surface area contributed by atoms with Crippen LogP contribution in [0.2, 0.25) is 0 Å². The highest BCUT2D eigenvalue weighted by Gasteiger charge is 2.22. The summed E-state index contributed by atoms with van der Waals surface area (Å²) in [6.45, 7) is 9.56. The van der Waals surface area contributed by atoms with Gasteiger partial charge in [0.05, 0.1) is 17.1 Å². The van der Waals surface area contributed by atoms with E-state index < -0.39 is 0 Å². The lowest BCUT2D eigenvalue weighted by molar-refractivity contribution is 0.228. The fraction of sp³-hybridized carbons (Fsp3) is 0.478. The van der Waals surface area contributed by atoms with Crippen molar-refractivity contribution in [2.45, 2.75) is 26.3 Å². The maximum atomic E-state index is 12.5. The molecule has 0 spiro atoms. The number of piperazine rings is 1. The molecule has 2 aromatic heterocycles. The minimum absolute atomic E-state index is 0.157. The predicted molar refractivity (Wildman–Crippen MR) is 126 cm³/mol. The molecule has 9 heteroatoms. The van der Waals surface area contributed by atoms with Gasteiger partial charge in [-0.05, 0) is 37.1 Å². The van der Waals surface area contributed by atoms with Gasteiger partial charge in [0.2, 0.25) is 5.95 Å². The van der Waals surface area contributed by atoms with E-state index in [4.69, 9.17) is 0 Å². The summed E-state index contributed by atoms with van der Waals surface area (Å²) < 4.78 is 0. The van der Waals surface area contributed by atoms with Crippen LogP contribution in [0.5, 0.6) is 0 Å². The number of amides is 2. The number of hydrogen-bond acceptors (Lipinski definition) is 6. The van der Waals surface area contributed by atoms with Gasteiger partial charge in [-0.3, -0.25) is 4.90 Å². The Balaban J connectivity index is 1.18. The molecule has 1 fully saturated rings. The molecule has 1 aromatic carbocycles. The molecule has 3 aromatic rings. The van der Waals surface area contributed by atoms with Crippen molar-refractivity contribution in [3.8, 4) is 0 Å². The van der Waals surface area contributed by atoms with Crippen LogP contribution in [0.25, 0.3) is 11.0 Å². The number of aromatic nitrogens is 4. The second-order valence-electron chi connectivity index (χ2n) is 8.49. The summed E-state index contributed by atoms with van der Waals surface area (Å²) in [5.74, 6) is 1.80. The number of rotatable bonds is 8. The Kier molecular flexibility index (Phi) is 7.16. The molecule has 0 aliphatic carbocycles. The number of anilines is 1. The molecule has 3 heterocycles. The van der Waals surface area contributed by atoms with Crippen molar-refractivity contribution in [3.63, 3.8) is 0 Å². The number of carbonyl (C=O) groups is 1. The number of imidazole rings is 1. The van der Waals surface area contributed by atoms with Gasteiger partial charge in [0, 0.05) is 45.1 Å². The fourth-order valence-corrected chi connectivity index (χ4v) is 3.99. The lowest BCUT2D eigenvalue weighted by Crippen LogP contribution is -2.47. The molecule has 0 radical (unpaired) electrons. The van der Waals surface area contributed by atoms with Crippen LogP contribution in [0.4, 0.5) is 10.7 Å². The standard InChI is InChI=1S/C23H32N8O/c1-17(2)20(21-27-18-7-3-4-8-19(18)28-21)29-23(32)26-11-6-12-30-13-15-31(16-14-30)22-24-9-5-10-25-22/h3-5,7-10,17,20H,6,11-16H2,1-2H3,(H,27,28)(H2,26,29,32). The first-order valence-electron chi connectivity index (χ1n) is 11.3. The first-order valence-corrected chi connectivity index (χ1v) is 11.3. The van der Waals surface area contributed by atoms with Crippen LogP contribution < -0.4 is 15.5 Å². The molecule has 4 rings (SSSR count). The number of H-pyrrole nitrogens is 1. The van der Waals surface area contributed by atoms with Crippen molar-refractivity contribution >= 4 is 23.0 Å². The molecule has 170 valence electrons. The van der Waals surface area contributed by atoms with E-state index in [2.05, 4.69) is 54.2 Å². The molecule has 3 N–H and O–H groups in total. The van der Waals surface area contributed by atoms with Crippen molar-refractivity contribution in [1.29, 1.82) is 0 Å². The zero-order valence-electron chi connectivity index (χ0n) is 18.8. The van der Waals surface area contributed by atoms with Gasteiger partial charge < -0.3 is 20.5 Å². The molecule has 1 atom stereocenters. The Morgan fingerprint density at radius 2 is 1.84 bits per heavy atom. The Labute approximate surface area is 188 Å². The van der Waals surface area contributed by atoms with Gasteiger partial charge in [-0.1, -0.05) is 26.0 Å². The highest BCUT2D eigenvalue weighted by molar-refractivity contribution is 5.76. The zero-order valence-corrected chi connectivity index (χ0v) is 18.8. The number of benzene rings is 1. The fourth-order valence-electron chi connectivity index (χ4n) is 3.99. The zero-order chi connectivity index (χ0) is 22.3. The van der Waals surface area contributed by atoms with Crippen LogP contribution in [0.1, 0.15) is 32.1 Å². The number of nitrogens with one attached hydrogen (secondary N) is 3. The highest BCUT2D eigenvalue weighted by atomic mass is 16.2. The summed E-state index contributed by atoms with van der Waals surface area (Å²) in [7, 11) is 0. The average Bonchev–Trinajstić information content (AvgIpc) is 3.25. The molecule has 0 saturated carbocycles. The number of hydrogen-bond donors (Lipinski definition) is 3. The Morgan fingerprint density at radius 1 is 1.09 bits per heavy atom. The molecule has 0 bridgehead atoms. The summed E-state index contributed by atoms with van der Waals surface area (Å²) in [6, 6.07) is 9.42. The number of aromatic amines is 1. The molecule has 9 nitrogen and oxygen atoms in total. The normalized spacial score (nSPS) is 15.8. The summed E-state index contributed by atoms with van der Waals surface area (Å²) in [5.41, 5.74) is 1.89. The molecule has 1 aliphatic heterocycles. The Morgan fingerprint density at radius 3 is 2.56 bits per heavy atom. The third-order valence-corrected chi connectivity index (χ3v) is 5.80. The summed E-state index contributed by atoms with van der Waals surface area (Å²) in [5, 5.41) is 6.08. The first kappa shape index (κ1) is 22.0. The van der Waals surface area contributed by atoms with Crippen molar-refractivity contribution in [2.75, 3.05) is 44.2 Å². The van der Waals surface area contributed by atoms with Crippen LogP contribution in [-0.4, -0.2) is 70.1 Å². The van der Waals surface area contributed by atoms with Gasteiger partial charge in [-0.15, -0.1) is 0 Å². The number of fused-ring (bicyclic) bond motifs is 1. The van der Waals surface area contributed by atoms with Gasteiger partial charge in [-0.2, -0.15) is 0 Å². The molecule has 32 heavy (non-hydrogen) atoms. The van der Waals surface area contributed by atoms with Gasteiger partial charge in [0.15, 0.2) is 0 Å². The van der Waals surface area contributed by atoms with E-state index in [0.717, 1.165) is 62.0 Å². The Bertz CT molecular complexity index is 964. The quantitative estimate of drug-likeness (QED) is 0.469. The molecule has 1 aliphatic rings. The second-order valence-corrected chi connectivity index (χ2v) is 8.49. The first-order chi connectivity index (χ1) is 15.6. The number of nitrogens with zero attached hydrogens (tertiary/aromatic N) is 5. The average molecular weight is 437 g/mol. The maximum absolute atomic E-state index is 12.5. The van der Waals surface area contributed by atoms with E-state index >= 15 is 0 Å². The lowest BCUT2D eigenvalue weighted by Gasteiger charge is -2.34. The van der Waals surface area contributed by atoms with Gasteiger partial charge in [0.25, 0.3) is 0 Å². The third-order valence-electron chi connectivity index (χ3n) is 5.80. The molecular weight excluding hydrogens is 404 g/mol. The van der Waals surface area contributed by atoms with Crippen LogP contribution >= 0.6 is 0 Å². The molecule has 1 saturated heterocycles. The number of para-hydroxylation sites is 2. The summed E-state index contributed by atoms with van der Waals surface area (Å²) in [6.07, 6.45) is 4.47. The predicted octanol–water partition coefficient (Wildman–Crippen LogP) is 2.56. The van der Waals surface area contributed by atoms with E-state index in [1.54, 1.807) is 12.4 Å². The minimum atomic E-state index is -0.171. The van der Waals surface area contributed by atoms with Crippen molar-refractivity contribution in [1.82, 2.24) is 35.5 Å². The van der Waals surface area contributed by atoms with Gasteiger partial charge >= 0.3 is 6.03 Å². The lowest BCUT2D eigenvalue weighted by atomic mass is 10.0. The maximum Gasteiger partial charge on any atom is 0.315 e. The number of carbonyl (C=O) groups excluding carboxylic acids is 1. The van der Waals surface area contributed by atoms with Gasteiger partial charge in [0.1, 0.15) is 5.82 Å². The SMILES string of the molecule is CC(C)C(NC(=O)NCCCN1CCN(c2ncccn2)CC1)c1nc2ccccc2[nH]1. The summed E-state index contributed by atoms with van der Waals surface area (Å²) >= 11 is 0. The third kappa shape index (κ3) is 5.53. The number of urea groups is 1. The summed E-state index contributed by atoms with van der Waals surface area (Å²) in [4.78, 5) is 33.8. The molecule has 1 unspecified atom stereocenters. The van der Waals surface area contributed by atoms with Crippen LogP contribution in [0.3, 0.4) is 0 Å². The minimum Gasteiger partial charge on any atom is -0.340 e. The van der Waals surface area contributed by atoms with E-state index in [1.165, 1.54) is 0 Å². The van der Waals surface area contributed by atoms with E-state index in [-0.39, 0.29) is 18.0 Å². The van der Waals surface area contributed by atoms with Crippen LogP contribution in [0.15, 0.2) is 42.7 Å². The van der Waals surface area contributed by atoms with E-state index in [1.807, 2.05) is 30.3 Å². The van der Waals surface area contributed by atoms with Crippen molar-refractivity contribution < 1.29 is 4.79 Å². The topological polar surface area (TPSA) is 102 Å². The van der Waals surface area contributed by atoms with Crippen molar-refractivity contribution in [2.24, 2.45) is 5.92 Å². The monoisotopic (exact) mass is 436 g/mol.